The van der Waals surface area contributed by atoms with Crippen molar-refractivity contribution in [3.63, 3.8) is 0 Å². The number of amides is 3. The lowest BCUT2D eigenvalue weighted by Gasteiger charge is -2.35. The summed E-state index contributed by atoms with van der Waals surface area (Å²) < 4.78 is 6.10. The Labute approximate surface area is 391 Å². The van der Waals surface area contributed by atoms with Crippen LogP contribution >= 0.6 is 11.3 Å². The van der Waals surface area contributed by atoms with Gasteiger partial charge >= 0.3 is 5.97 Å². The number of aromatic nitrogens is 3. The van der Waals surface area contributed by atoms with E-state index in [1.54, 1.807) is 23.7 Å². The predicted octanol–water partition coefficient (Wildman–Crippen LogP) is 9.39. The van der Waals surface area contributed by atoms with Crippen molar-refractivity contribution >= 4 is 45.9 Å². The molecule has 1 aliphatic carbocycles. The fourth-order valence-electron chi connectivity index (χ4n) is 9.31. The second-order valence-electron chi connectivity index (χ2n) is 19.0. The summed E-state index contributed by atoms with van der Waals surface area (Å²) in [5.41, 5.74) is 7.87. The Morgan fingerprint density at radius 3 is 2.29 bits per heavy atom. The Bertz CT molecular complexity index is 2480. The van der Waals surface area contributed by atoms with E-state index in [2.05, 4.69) is 25.6 Å². The van der Waals surface area contributed by atoms with Crippen LogP contribution in [0.2, 0.25) is 0 Å². The predicted molar refractivity (Wildman–Crippen MR) is 257 cm³/mol. The first kappa shape index (κ1) is 48.2. The molecule has 0 unspecified atom stereocenters. The highest BCUT2D eigenvalue weighted by Crippen LogP contribution is 2.39. The zero-order valence-corrected chi connectivity index (χ0v) is 39.5. The van der Waals surface area contributed by atoms with Crippen molar-refractivity contribution in [2.75, 3.05) is 13.2 Å². The van der Waals surface area contributed by atoms with Gasteiger partial charge in [0.05, 0.1) is 45.6 Å². The third-order valence-electron chi connectivity index (χ3n) is 13.0. The van der Waals surface area contributed by atoms with Crippen LogP contribution in [0.4, 0.5) is 0 Å². The summed E-state index contributed by atoms with van der Waals surface area (Å²) in [5.74, 6) is -0.783. The third-order valence-corrected chi connectivity index (χ3v) is 14.0. The monoisotopic (exact) mass is 916 g/mol. The van der Waals surface area contributed by atoms with Gasteiger partial charge in [0.25, 0.3) is 0 Å². The molecule has 13 nitrogen and oxygen atoms in total. The van der Waals surface area contributed by atoms with E-state index < -0.39 is 29.6 Å². The molecular weight excluding hydrogens is 853 g/mol. The molecule has 5 aromatic rings. The molecule has 0 radical (unpaired) electrons. The summed E-state index contributed by atoms with van der Waals surface area (Å²) in [4.78, 5) is 68.6. The Kier molecular flexibility index (Phi) is 16.2. The highest BCUT2D eigenvalue weighted by Gasteiger charge is 2.44. The van der Waals surface area contributed by atoms with Gasteiger partial charge in [0.2, 0.25) is 17.7 Å². The molecule has 1 aliphatic heterocycles. The van der Waals surface area contributed by atoms with E-state index in [0.717, 1.165) is 119 Å². The van der Waals surface area contributed by atoms with Crippen LogP contribution < -0.4 is 15.4 Å². The molecule has 2 fully saturated rings. The van der Waals surface area contributed by atoms with E-state index in [1.165, 1.54) is 4.90 Å². The van der Waals surface area contributed by atoms with Gasteiger partial charge < -0.3 is 30.5 Å². The number of aryl methyl sites for hydroxylation is 1. The number of carboxylic acid groups (broad SMARTS) is 1. The number of benzene rings is 3. The number of β-amino-alcohol motifs (C(OH)–C–C–N with tert-alkyl or cyclic N) is 1. The summed E-state index contributed by atoms with van der Waals surface area (Å²) >= 11 is 1.58. The highest BCUT2D eigenvalue weighted by molar-refractivity contribution is 7.13. The largest absolute Gasteiger partial charge is 0.494 e. The van der Waals surface area contributed by atoms with Crippen molar-refractivity contribution in [3.8, 4) is 27.4 Å². The minimum Gasteiger partial charge on any atom is -0.494 e. The van der Waals surface area contributed by atoms with Crippen LogP contribution in [0.15, 0.2) is 72.5 Å². The van der Waals surface area contributed by atoms with Gasteiger partial charge in [0.1, 0.15) is 24.2 Å². The van der Waals surface area contributed by atoms with E-state index in [4.69, 9.17) is 4.74 Å². The molecule has 1 saturated carbocycles. The lowest BCUT2D eigenvalue weighted by atomic mass is 9.85. The number of aliphatic hydroxyl groups is 1. The average molecular weight is 917 g/mol. The maximum atomic E-state index is 14.0. The molecule has 66 heavy (non-hydrogen) atoms. The number of likely N-dealkylation sites (tertiary alicyclic amines) is 1. The average Bonchev–Trinajstić information content (AvgIpc) is 4.09. The van der Waals surface area contributed by atoms with E-state index >= 15 is 0 Å². The molecule has 2 aliphatic rings. The van der Waals surface area contributed by atoms with E-state index in [9.17, 15) is 29.4 Å². The fraction of sp³-hybridized carbons (Fsp3) is 0.481. The topological polar surface area (TPSA) is 184 Å². The van der Waals surface area contributed by atoms with E-state index in [0.29, 0.717) is 25.0 Å². The number of carbonyl (C=O) groups excluding carboxylic acids is 3. The number of nitrogens with one attached hydrogen (secondary N) is 2. The third kappa shape index (κ3) is 12.2. The second-order valence-corrected chi connectivity index (χ2v) is 19.9. The van der Waals surface area contributed by atoms with Crippen LogP contribution in [0, 0.1) is 12.3 Å². The van der Waals surface area contributed by atoms with Gasteiger partial charge in [-0.2, -0.15) is 0 Å². The number of carboxylic acids is 1. The number of fused-ring (bicyclic) bond motifs is 1. The Balaban J connectivity index is 0.802. The number of rotatable bonds is 20. The molecule has 0 bridgehead atoms. The highest BCUT2D eigenvalue weighted by atomic mass is 32.1. The summed E-state index contributed by atoms with van der Waals surface area (Å²) in [5, 5.41) is 27.2. The van der Waals surface area contributed by atoms with Gasteiger partial charge in [-0.15, -0.1) is 11.3 Å². The van der Waals surface area contributed by atoms with Crippen LogP contribution in [0.3, 0.4) is 0 Å². The molecule has 14 heteroatoms. The van der Waals surface area contributed by atoms with Crippen molar-refractivity contribution < 1.29 is 34.1 Å². The van der Waals surface area contributed by atoms with Crippen molar-refractivity contribution in [3.05, 3.63) is 94.9 Å². The fourth-order valence-corrected chi connectivity index (χ4v) is 10.1. The number of carbonyl (C=O) groups is 4. The number of ether oxygens (including phenoxy) is 1. The number of aliphatic hydroxyl groups excluding tert-OH is 1. The molecule has 2 aromatic heterocycles. The summed E-state index contributed by atoms with van der Waals surface area (Å²) in [7, 11) is 0. The van der Waals surface area contributed by atoms with Crippen molar-refractivity contribution in [1.82, 2.24) is 30.5 Å². The van der Waals surface area contributed by atoms with Crippen LogP contribution in [0.5, 0.6) is 5.75 Å². The Hall–Kier alpha value is -5.73. The molecule has 1 saturated heterocycles. The number of thiazole rings is 1. The summed E-state index contributed by atoms with van der Waals surface area (Å²) in [6.07, 6.45) is 12.1. The van der Waals surface area contributed by atoms with Gasteiger partial charge in [0, 0.05) is 42.9 Å². The van der Waals surface area contributed by atoms with Crippen LogP contribution in [0.1, 0.15) is 137 Å². The molecule has 7 rings (SSSR count). The second kappa shape index (κ2) is 22.2. The van der Waals surface area contributed by atoms with Gasteiger partial charge in [-0.3, -0.25) is 14.4 Å². The normalized spacial score (nSPS) is 17.0. The smallest absolute Gasteiger partial charge is 0.335 e. The van der Waals surface area contributed by atoms with Crippen LogP contribution in [-0.2, 0) is 20.9 Å². The zero-order valence-electron chi connectivity index (χ0n) is 38.7. The summed E-state index contributed by atoms with van der Waals surface area (Å²) in [6.45, 7) is 8.56. The molecule has 0 spiro atoms. The number of nitrogens with zero attached hydrogens (tertiary/aromatic N) is 4. The molecule has 350 valence electrons. The number of hydrogen-bond donors (Lipinski definition) is 4. The van der Waals surface area contributed by atoms with Gasteiger partial charge in [-0.05, 0) is 84.9 Å². The molecular formula is C52H64N6O7S. The lowest BCUT2D eigenvalue weighted by Crippen LogP contribution is -2.57. The maximum Gasteiger partial charge on any atom is 0.335 e. The molecule has 3 aromatic carbocycles. The standard InChI is InChI=1S/C52H64N6O7S/c1-33-47(66-32-56-33)36-19-17-34(18-20-36)29-53-49(61)44-27-38(59)30-58(44)50(62)48(52(2,3)4)57-45(60)16-10-8-6-5-7-9-13-25-65-39-22-24-41-43(28-39)54-31-55-46(41)37-21-23-40(51(63)64)42(26-37)35-14-11-12-15-35/h17-24,26,28,31-32,35,38,44,48,59H,5-16,25,27,29-30H2,1-4H3,(H,53,61)(H,57,60)(H,63,64)/t38-,44-,48+/m0/s1. The Morgan fingerprint density at radius 2 is 1.59 bits per heavy atom. The van der Waals surface area contributed by atoms with Crippen LogP contribution in [0.25, 0.3) is 32.6 Å². The Morgan fingerprint density at radius 1 is 0.879 bits per heavy atom. The van der Waals surface area contributed by atoms with Crippen LogP contribution in [-0.4, -0.2) is 85.1 Å². The molecule has 4 N–H and O–H groups in total. The van der Waals surface area contributed by atoms with Crippen molar-refractivity contribution in [2.24, 2.45) is 5.41 Å². The molecule has 3 amide bonds. The van der Waals surface area contributed by atoms with Gasteiger partial charge in [0.15, 0.2) is 0 Å². The quantitative estimate of drug-likeness (QED) is 0.0549. The maximum absolute atomic E-state index is 14.0. The first-order valence-corrected chi connectivity index (χ1v) is 24.4. The number of hydrogen-bond acceptors (Lipinski definition) is 10. The minimum atomic E-state index is -0.893. The van der Waals surface area contributed by atoms with Gasteiger partial charge in [-0.25, -0.2) is 19.7 Å². The molecule has 3 atom stereocenters. The zero-order chi connectivity index (χ0) is 46.8. The van der Waals surface area contributed by atoms with Crippen molar-refractivity contribution in [2.45, 2.75) is 142 Å². The van der Waals surface area contributed by atoms with E-state index in [-0.39, 0.29) is 43.1 Å². The lowest BCUT2D eigenvalue weighted by molar-refractivity contribution is -0.144. The number of aromatic carboxylic acids is 1. The van der Waals surface area contributed by atoms with Crippen molar-refractivity contribution in [1.29, 1.82) is 0 Å². The molecule has 3 heterocycles. The van der Waals surface area contributed by atoms with E-state index in [1.807, 2.05) is 87.8 Å². The number of unbranched alkanes of at least 4 members (excludes halogenated alkanes) is 6. The SMILES string of the molecule is Cc1ncsc1-c1ccc(CNC(=O)[C@@H]2C[C@H](O)CN2C(=O)[C@@H](NC(=O)CCCCCCCCCOc2ccc3c(-c4ccc(C(=O)O)c(C5CCCC5)c4)ncnc3c2)C(C)(C)C)cc1. The van der Waals surface area contributed by atoms with Gasteiger partial charge in [-0.1, -0.05) is 96.0 Å². The minimum absolute atomic E-state index is 0.0322. The summed E-state index contributed by atoms with van der Waals surface area (Å²) in [6, 6.07) is 17.7. The first-order chi connectivity index (χ1) is 31.8. The first-order valence-electron chi connectivity index (χ1n) is 23.6.